The second-order valence-electron chi connectivity index (χ2n) is 6.39. The summed E-state index contributed by atoms with van der Waals surface area (Å²) in [6.45, 7) is 0.528. The molecule has 2 aromatic rings. The van der Waals surface area contributed by atoms with Crippen molar-refractivity contribution >= 4 is 35.8 Å². The van der Waals surface area contributed by atoms with Gasteiger partial charge in [0.25, 0.3) is 0 Å². The first kappa shape index (κ1) is 20.5. The van der Waals surface area contributed by atoms with Crippen LogP contribution in [0.4, 0.5) is 5.69 Å². The number of carbonyl (C=O) groups excluding carboxylic acids is 2. The maximum atomic E-state index is 12.3. The number of nitrogens with zero attached hydrogens (tertiary/aromatic N) is 1. The lowest BCUT2D eigenvalue weighted by molar-refractivity contribution is -0.141. The van der Waals surface area contributed by atoms with Gasteiger partial charge in [-0.25, -0.2) is 0 Å². The number of methoxy groups -OCH3 is 1. The normalized spacial score (nSPS) is 16.0. The first-order chi connectivity index (χ1) is 12.5. The van der Waals surface area contributed by atoms with Crippen molar-refractivity contribution in [3.63, 3.8) is 0 Å². The average molecular weight is 388 g/mol. The van der Waals surface area contributed by atoms with Crippen LogP contribution in [0.15, 0.2) is 48.5 Å². The van der Waals surface area contributed by atoms with Crippen LogP contribution in [0.25, 0.3) is 11.1 Å². The molecule has 0 radical (unpaired) electrons. The molecule has 1 aliphatic rings. The molecule has 3 N–H and O–H groups in total. The predicted molar refractivity (Wildman–Crippen MR) is 107 cm³/mol. The number of rotatable bonds is 5. The van der Waals surface area contributed by atoms with Crippen molar-refractivity contribution < 1.29 is 14.3 Å². The standard InChI is InChI=1S/C20H21N3O3.ClH/c1-26-19(25)11-13-10-18(24)23(12-13)17-8-6-15(7-9-17)14-2-4-16(5-3-14)20(21)22;/h2-9,13H,10-12H2,1H3,(H3,21,22);1H. The number of hydrogen-bond donors (Lipinski definition) is 2. The van der Waals surface area contributed by atoms with Gasteiger partial charge in [-0.2, -0.15) is 0 Å². The molecule has 142 valence electrons. The molecule has 3 rings (SSSR count). The molecule has 0 saturated carbocycles. The fourth-order valence-electron chi connectivity index (χ4n) is 3.16. The molecule has 2 aromatic carbocycles. The van der Waals surface area contributed by atoms with E-state index in [9.17, 15) is 9.59 Å². The zero-order chi connectivity index (χ0) is 18.7. The van der Waals surface area contributed by atoms with Gasteiger partial charge in [0.2, 0.25) is 5.91 Å². The van der Waals surface area contributed by atoms with Crippen LogP contribution in [-0.4, -0.2) is 31.4 Å². The Morgan fingerprint density at radius 3 is 2.22 bits per heavy atom. The highest BCUT2D eigenvalue weighted by atomic mass is 35.5. The SMILES string of the molecule is COC(=O)CC1CC(=O)N(c2ccc(-c3ccc(C(=N)N)cc3)cc2)C1.Cl. The third-order valence-corrected chi connectivity index (χ3v) is 4.60. The molecule has 27 heavy (non-hydrogen) atoms. The van der Waals surface area contributed by atoms with Crippen LogP contribution < -0.4 is 10.6 Å². The van der Waals surface area contributed by atoms with Gasteiger partial charge in [-0.3, -0.25) is 15.0 Å². The number of anilines is 1. The number of nitrogen functional groups attached to an aromatic ring is 1. The second-order valence-corrected chi connectivity index (χ2v) is 6.39. The number of carbonyl (C=O) groups is 2. The van der Waals surface area contributed by atoms with Crippen LogP contribution in [0.1, 0.15) is 18.4 Å². The zero-order valence-electron chi connectivity index (χ0n) is 15.0. The van der Waals surface area contributed by atoms with Crippen molar-refractivity contribution in [2.24, 2.45) is 11.7 Å². The van der Waals surface area contributed by atoms with Crippen LogP contribution in [0, 0.1) is 11.3 Å². The maximum Gasteiger partial charge on any atom is 0.305 e. The third-order valence-electron chi connectivity index (χ3n) is 4.60. The predicted octanol–water partition coefficient (Wildman–Crippen LogP) is 2.98. The minimum absolute atomic E-state index is 0. The number of esters is 1. The molecule has 0 bridgehead atoms. The average Bonchev–Trinajstić information content (AvgIpc) is 3.02. The Balaban J connectivity index is 0.00000261. The first-order valence-electron chi connectivity index (χ1n) is 8.40. The number of hydrogen-bond acceptors (Lipinski definition) is 4. The Morgan fingerprint density at radius 2 is 1.70 bits per heavy atom. The summed E-state index contributed by atoms with van der Waals surface area (Å²) < 4.78 is 4.69. The summed E-state index contributed by atoms with van der Waals surface area (Å²) in [6, 6.07) is 15.2. The lowest BCUT2D eigenvalue weighted by atomic mass is 10.0. The van der Waals surface area contributed by atoms with Crippen molar-refractivity contribution in [1.82, 2.24) is 0 Å². The smallest absolute Gasteiger partial charge is 0.305 e. The van der Waals surface area contributed by atoms with E-state index in [4.69, 9.17) is 11.1 Å². The molecule has 0 spiro atoms. The molecule has 7 heteroatoms. The van der Waals surface area contributed by atoms with Crippen molar-refractivity contribution in [2.75, 3.05) is 18.6 Å². The van der Waals surface area contributed by atoms with Crippen molar-refractivity contribution in [3.05, 3.63) is 54.1 Å². The molecule has 1 unspecified atom stereocenters. The van der Waals surface area contributed by atoms with Crippen LogP contribution in [0.5, 0.6) is 0 Å². The Morgan fingerprint density at radius 1 is 1.15 bits per heavy atom. The summed E-state index contributed by atoms with van der Waals surface area (Å²) in [4.78, 5) is 25.4. The minimum Gasteiger partial charge on any atom is -0.469 e. The van der Waals surface area contributed by atoms with Crippen molar-refractivity contribution in [3.8, 4) is 11.1 Å². The number of nitrogens with one attached hydrogen (secondary N) is 1. The maximum absolute atomic E-state index is 12.3. The topological polar surface area (TPSA) is 96.5 Å². The summed E-state index contributed by atoms with van der Waals surface area (Å²) >= 11 is 0. The van der Waals surface area contributed by atoms with Gasteiger partial charge in [-0.1, -0.05) is 36.4 Å². The van der Waals surface area contributed by atoms with Crippen molar-refractivity contribution in [2.45, 2.75) is 12.8 Å². The molecule has 6 nitrogen and oxygen atoms in total. The lowest BCUT2D eigenvalue weighted by Gasteiger charge is -2.17. The second kappa shape index (κ2) is 8.68. The molecule has 1 fully saturated rings. The zero-order valence-corrected chi connectivity index (χ0v) is 15.8. The van der Waals surface area contributed by atoms with E-state index < -0.39 is 0 Å². The summed E-state index contributed by atoms with van der Waals surface area (Å²) in [5.74, 6) is -0.221. The number of amidine groups is 1. The summed E-state index contributed by atoms with van der Waals surface area (Å²) in [7, 11) is 1.36. The molecular formula is C20H22ClN3O3. The number of nitrogens with two attached hydrogens (primary N) is 1. The number of ether oxygens (including phenoxy) is 1. The lowest BCUT2D eigenvalue weighted by Crippen LogP contribution is -2.24. The molecule has 0 aromatic heterocycles. The summed E-state index contributed by atoms with van der Waals surface area (Å²) in [5, 5.41) is 7.44. The number of halogens is 1. The van der Waals surface area contributed by atoms with Gasteiger partial charge in [0.05, 0.1) is 13.5 Å². The van der Waals surface area contributed by atoms with E-state index in [-0.39, 0.29) is 42.5 Å². The van der Waals surface area contributed by atoms with Crippen molar-refractivity contribution in [1.29, 1.82) is 5.41 Å². The van der Waals surface area contributed by atoms with E-state index >= 15 is 0 Å². The van der Waals surface area contributed by atoms with E-state index in [2.05, 4.69) is 4.74 Å². The molecule has 1 saturated heterocycles. The van der Waals surface area contributed by atoms with Gasteiger partial charge in [-0.15, -0.1) is 12.4 Å². The molecule has 1 amide bonds. The minimum atomic E-state index is -0.283. The third kappa shape index (κ3) is 4.65. The largest absolute Gasteiger partial charge is 0.469 e. The highest BCUT2D eigenvalue weighted by molar-refractivity contribution is 5.97. The number of benzene rings is 2. The summed E-state index contributed by atoms with van der Waals surface area (Å²) in [6.07, 6.45) is 0.628. The van der Waals surface area contributed by atoms with E-state index in [1.807, 2.05) is 48.5 Å². The Hall–Kier alpha value is -2.86. The van der Waals surface area contributed by atoms with Gasteiger partial charge in [-0.05, 0) is 29.2 Å². The molecule has 1 aliphatic heterocycles. The highest BCUT2D eigenvalue weighted by Gasteiger charge is 2.32. The van der Waals surface area contributed by atoms with E-state index in [0.717, 1.165) is 16.8 Å². The van der Waals surface area contributed by atoms with Crippen LogP contribution in [0.3, 0.4) is 0 Å². The van der Waals surface area contributed by atoms with Crippen LogP contribution in [-0.2, 0) is 14.3 Å². The van der Waals surface area contributed by atoms with Gasteiger partial charge in [0.1, 0.15) is 5.84 Å². The molecule has 0 aliphatic carbocycles. The Labute approximate surface area is 164 Å². The Bertz CT molecular complexity index is 835. The van der Waals surface area contributed by atoms with E-state index in [0.29, 0.717) is 18.5 Å². The van der Waals surface area contributed by atoms with E-state index in [1.165, 1.54) is 7.11 Å². The van der Waals surface area contributed by atoms with Crippen LogP contribution >= 0.6 is 12.4 Å². The van der Waals surface area contributed by atoms with E-state index in [1.54, 1.807) is 4.90 Å². The van der Waals surface area contributed by atoms with Gasteiger partial charge < -0.3 is 15.4 Å². The molecular weight excluding hydrogens is 366 g/mol. The van der Waals surface area contributed by atoms with Gasteiger partial charge in [0, 0.05) is 24.2 Å². The number of amides is 1. The van der Waals surface area contributed by atoms with Gasteiger partial charge in [0.15, 0.2) is 0 Å². The fourth-order valence-corrected chi connectivity index (χ4v) is 3.16. The van der Waals surface area contributed by atoms with Crippen LogP contribution in [0.2, 0.25) is 0 Å². The monoisotopic (exact) mass is 387 g/mol. The van der Waals surface area contributed by atoms with Gasteiger partial charge >= 0.3 is 5.97 Å². The Kier molecular flexibility index (Phi) is 6.58. The summed E-state index contributed by atoms with van der Waals surface area (Å²) in [5.41, 5.74) is 9.01. The molecule has 1 atom stereocenters. The fraction of sp³-hybridized carbons (Fsp3) is 0.250. The highest BCUT2D eigenvalue weighted by Crippen LogP contribution is 2.29. The first-order valence-corrected chi connectivity index (χ1v) is 8.40. The quantitative estimate of drug-likeness (QED) is 0.468. The molecule has 1 heterocycles.